The quantitative estimate of drug-likeness (QED) is 0.0996. The maximum atomic E-state index is 8.89. The van der Waals surface area contributed by atoms with Crippen LogP contribution in [-0.2, 0) is 29.1 Å². The molecule has 8 aromatic rings. The number of carboxylic acids is 2. The number of rotatable bonds is 11. The number of hydrogen-bond acceptors (Lipinski definition) is 7. The van der Waals surface area contributed by atoms with Crippen molar-refractivity contribution < 1.29 is 53.5 Å². The van der Waals surface area contributed by atoms with Crippen molar-refractivity contribution in [1.29, 1.82) is 0 Å². The summed E-state index contributed by atoms with van der Waals surface area (Å²) in [5, 5.41) is 27.5. The molecule has 0 N–H and O–H groups in total. The summed E-state index contributed by atoms with van der Waals surface area (Å²) in [7, 11) is 3.16. The van der Waals surface area contributed by atoms with Crippen LogP contribution in [0.25, 0.3) is 33.0 Å². The predicted molar refractivity (Wildman–Crippen MR) is 253 cm³/mol. The summed E-state index contributed by atoms with van der Waals surface area (Å²) < 4.78 is 18.4. The van der Waals surface area contributed by atoms with E-state index in [1.165, 1.54) is 31.8 Å². The van der Waals surface area contributed by atoms with Crippen LogP contribution in [0.4, 0.5) is 0 Å². The number of ether oxygens (including phenoxy) is 3. The molecule has 0 saturated heterocycles. The SMILES string of the molecule is CC(=O)[O-].CC(=O)[O-].COc1ccc2cc(-c3ccc(OC)c(-c4c(OC)cccc4P(c4ccccc4)c4ccccc4)c3P(c3ccccc3)c3ccccc3)ccc2c1.[Ru+2]. The van der Waals surface area contributed by atoms with Crippen molar-refractivity contribution in [1.82, 2.24) is 0 Å². The minimum Gasteiger partial charge on any atom is -0.550 e. The standard InChI is InChI=1S/C49H40O3P2.2C2H4O2.Ru/c1-50-38-30-29-35-33-37(28-27-36(35)34-38)43-31-32-45(52-3)48(49(43)54(41-21-12-6-13-22-41)42-23-14-7-15-24-42)47-44(51-2)25-16-26-46(47)53(39-17-8-4-9-18-39)40-19-10-5-11-20-40;2*1-2(3)4;/h4-34H,1-3H3;2*1H3,(H,3,4);/q;;;+2/p-2. The molecule has 8 aromatic carbocycles. The first kappa shape index (κ1) is 47.9. The number of aliphatic carboxylic acids is 2. The van der Waals surface area contributed by atoms with Crippen LogP contribution in [0.2, 0.25) is 0 Å². The van der Waals surface area contributed by atoms with Gasteiger partial charge in [0, 0.05) is 28.4 Å². The normalized spacial score (nSPS) is 10.4. The summed E-state index contributed by atoms with van der Waals surface area (Å²) in [6, 6.07) is 67.5. The van der Waals surface area contributed by atoms with Crippen LogP contribution in [0.15, 0.2) is 188 Å². The molecule has 8 rings (SSSR count). The molecule has 0 amide bonds. The number of methoxy groups -OCH3 is 3. The van der Waals surface area contributed by atoms with Gasteiger partial charge in [-0.2, -0.15) is 0 Å². The molecule has 0 saturated carbocycles. The van der Waals surface area contributed by atoms with Crippen molar-refractivity contribution in [2.45, 2.75) is 13.8 Å². The number of carbonyl (C=O) groups excluding carboxylic acids is 2. The summed E-state index contributed by atoms with van der Waals surface area (Å²) in [4.78, 5) is 17.8. The van der Waals surface area contributed by atoms with E-state index in [1.807, 2.05) is 6.07 Å². The van der Waals surface area contributed by atoms with Crippen LogP contribution in [0.3, 0.4) is 0 Å². The Bertz CT molecular complexity index is 2640. The fourth-order valence-electron chi connectivity index (χ4n) is 7.24. The van der Waals surface area contributed by atoms with Crippen LogP contribution in [0, 0.1) is 0 Å². The molecule has 0 spiro atoms. The molecule has 0 aliphatic rings. The van der Waals surface area contributed by atoms with E-state index in [-0.39, 0.29) is 19.5 Å². The number of fused-ring (bicyclic) bond motifs is 1. The third-order valence-corrected chi connectivity index (χ3v) is 14.7. The monoisotopic (exact) mass is 958 g/mol. The van der Waals surface area contributed by atoms with Crippen molar-refractivity contribution in [3.63, 3.8) is 0 Å². The van der Waals surface area contributed by atoms with E-state index < -0.39 is 27.8 Å². The van der Waals surface area contributed by atoms with Crippen LogP contribution in [0.1, 0.15) is 13.8 Å². The van der Waals surface area contributed by atoms with Crippen molar-refractivity contribution >= 4 is 70.4 Å². The molecule has 7 nitrogen and oxygen atoms in total. The average Bonchev–Trinajstić information content (AvgIpc) is 3.29. The Kier molecular flexibility index (Phi) is 17.7. The van der Waals surface area contributed by atoms with Gasteiger partial charge in [-0.05, 0) is 115 Å². The molecule has 63 heavy (non-hydrogen) atoms. The van der Waals surface area contributed by atoms with Crippen molar-refractivity contribution in [3.05, 3.63) is 188 Å². The molecule has 0 aromatic heterocycles. The Balaban J connectivity index is 0.000000768. The summed E-state index contributed by atoms with van der Waals surface area (Å²) in [5.41, 5.74) is 4.39. The smallest absolute Gasteiger partial charge is 0.550 e. The number of carboxylic acid groups (broad SMARTS) is 2. The van der Waals surface area contributed by atoms with Gasteiger partial charge in [0.2, 0.25) is 0 Å². The first-order valence-electron chi connectivity index (χ1n) is 19.8. The molecule has 0 heterocycles. The van der Waals surface area contributed by atoms with Crippen LogP contribution in [0.5, 0.6) is 17.2 Å². The van der Waals surface area contributed by atoms with Crippen LogP contribution < -0.4 is 56.3 Å². The summed E-state index contributed by atoms with van der Waals surface area (Å²) in [6.45, 7) is 1.94. The average molecular weight is 958 g/mol. The van der Waals surface area contributed by atoms with Crippen molar-refractivity contribution in [2.24, 2.45) is 0 Å². The van der Waals surface area contributed by atoms with Gasteiger partial charge >= 0.3 is 19.5 Å². The molecule has 0 bridgehead atoms. The third-order valence-electron chi connectivity index (χ3n) is 9.71. The Labute approximate surface area is 384 Å². The zero-order chi connectivity index (χ0) is 44.0. The van der Waals surface area contributed by atoms with Gasteiger partial charge in [-0.25, -0.2) is 0 Å². The second-order valence-corrected chi connectivity index (χ2v) is 18.2. The summed E-state index contributed by atoms with van der Waals surface area (Å²) >= 11 is 0. The fourth-order valence-corrected chi connectivity index (χ4v) is 12.4. The van der Waals surface area contributed by atoms with E-state index in [1.54, 1.807) is 21.3 Å². The maximum Gasteiger partial charge on any atom is 2.00 e. The van der Waals surface area contributed by atoms with Crippen LogP contribution >= 0.6 is 15.8 Å². The van der Waals surface area contributed by atoms with E-state index in [9.17, 15) is 0 Å². The van der Waals surface area contributed by atoms with Gasteiger partial charge in [0.1, 0.15) is 17.2 Å². The van der Waals surface area contributed by atoms with E-state index in [4.69, 9.17) is 34.0 Å². The molecule has 318 valence electrons. The molecule has 10 heteroatoms. The Morgan fingerprint density at radius 3 is 1.33 bits per heavy atom. The zero-order valence-corrected chi connectivity index (χ0v) is 39.0. The first-order valence-corrected chi connectivity index (χ1v) is 22.5. The molecule has 0 aliphatic carbocycles. The molecule has 0 radical (unpaired) electrons. The van der Waals surface area contributed by atoms with Crippen LogP contribution in [-0.4, -0.2) is 33.3 Å². The first-order chi connectivity index (χ1) is 30.1. The molecule has 0 fully saturated rings. The second kappa shape index (κ2) is 23.3. The summed E-state index contributed by atoms with van der Waals surface area (Å²) in [5.74, 6) is 0.294. The Morgan fingerprint density at radius 2 is 0.873 bits per heavy atom. The maximum absolute atomic E-state index is 8.89. The van der Waals surface area contributed by atoms with Crippen molar-refractivity contribution in [2.75, 3.05) is 21.3 Å². The second-order valence-electron chi connectivity index (χ2n) is 13.8. The van der Waals surface area contributed by atoms with Gasteiger partial charge in [0.15, 0.2) is 0 Å². The Morgan fingerprint density at radius 1 is 0.444 bits per heavy atom. The zero-order valence-electron chi connectivity index (χ0n) is 35.5. The minimum absolute atomic E-state index is 0. The summed E-state index contributed by atoms with van der Waals surface area (Å²) in [6.07, 6.45) is 0. The van der Waals surface area contributed by atoms with Crippen molar-refractivity contribution in [3.8, 4) is 39.5 Å². The van der Waals surface area contributed by atoms with Gasteiger partial charge in [-0.1, -0.05) is 152 Å². The molecular formula is C53H46O7P2Ru. The van der Waals surface area contributed by atoms with E-state index >= 15 is 0 Å². The van der Waals surface area contributed by atoms with E-state index in [0.717, 1.165) is 64.1 Å². The minimum atomic E-state index is -1.11. The van der Waals surface area contributed by atoms with Gasteiger partial charge in [-0.3, -0.25) is 0 Å². The van der Waals surface area contributed by atoms with Gasteiger partial charge < -0.3 is 34.0 Å². The Hall–Kier alpha value is -6.16. The molecule has 0 aliphatic heterocycles. The molecule has 0 unspecified atom stereocenters. The number of hydrogen-bond donors (Lipinski definition) is 0. The topological polar surface area (TPSA) is 108 Å². The van der Waals surface area contributed by atoms with E-state index in [0.29, 0.717) is 0 Å². The third kappa shape index (κ3) is 11.9. The van der Waals surface area contributed by atoms with Gasteiger partial charge in [0.25, 0.3) is 0 Å². The fraction of sp³-hybridized carbons (Fsp3) is 0.0943. The van der Waals surface area contributed by atoms with Gasteiger partial charge in [-0.15, -0.1) is 0 Å². The predicted octanol–water partition coefficient (Wildman–Crippen LogP) is 7.23. The van der Waals surface area contributed by atoms with Gasteiger partial charge in [0.05, 0.1) is 21.3 Å². The largest absolute Gasteiger partial charge is 2.00 e. The number of benzene rings is 8. The molecular weight excluding hydrogens is 912 g/mol. The molecule has 0 atom stereocenters. The number of carbonyl (C=O) groups is 2. The van der Waals surface area contributed by atoms with E-state index in [2.05, 4.69) is 182 Å².